The number of aliphatic hydroxyl groups is 1. The Morgan fingerprint density at radius 3 is 2.55 bits per heavy atom. The van der Waals surface area contributed by atoms with Crippen LogP contribution in [-0.2, 0) is 6.18 Å². The third kappa shape index (κ3) is 5.55. The van der Waals surface area contributed by atoms with Gasteiger partial charge in [-0.05, 0) is 31.0 Å². The summed E-state index contributed by atoms with van der Waals surface area (Å²) in [5, 5.41) is 14.1. The molecule has 22 heavy (non-hydrogen) atoms. The molecular weight excluding hydrogens is 297 g/mol. The smallest absolute Gasteiger partial charge is 0.394 e. The first-order chi connectivity index (χ1) is 10.3. The van der Waals surface area contributed by atoms with Crippen LogP contribution in [0.25, 0.3) is 0 Å². The topological polar surface area (TPSA) is 61.4 Å². The summed E-state index contributed by atoms with van der Waals surface area (Å²) in [6, 6.07) is 3.48. The summed E-state index contributed by atoms with van der Waals surface area (Å²) < 4.78 is 38.3. The van der Waals surface area contributed by atoms with Gasteiger partial charge in [0.2, 0.25) is 0 Å². The second kappa shape index (κ2) is 8.03. The van der Waals surface area contributed by atoms with Crippen LogP contribution in [0.2, 0.25) is 0 Å². The second-order valence-corrected chi connectivity index (χ2v) is 5.17. The number of hydrogen-bond donors (Lipinski definition) is 3. The quantitative estimate of drug-likeness (QED) is 0.754. The van der Waals surface area contributed by atoms with Crippen LogP contribution in [0.5, 0.6) is 0 Å². The van der Waals surface area contributed by atoms with Crippen LogP contribution < -0.4 is 10.6 Å². The van der Waals surface area contributed by atoms with Gasteiger partial charge in [-0.1, -0.05) is 25.5 Å². The summed E-state index contributed by atoms with van der Waals surface area (Å²) in [5.41, 5.74) is -0.333. The van der Waals surface area contributed by atoms with E-state index in [-0.39, 0.29) is 6.61 Å². The first kappa shape index (κ1) is 18.3. The molecule has 0 spiro atoms. The van der Waals surface area contributed by atoms with Gasteiger partial charge < -0.3 is 15.7 Å². The normalized spacial score (nSPS) is 14.3. The number of benzene rings is 1. The van der Waals surface area contributed by atoms with Gasteiger partial charge in [-0.2, -0.15) is 13.2 Å². The molecule has 0 heterocycles. The molecule has 0 aliphatic rings. The van der Waals surface area contributed by atoms with Gasteiger partial charge in [-0.15, -0.1) is 0 Å². The maximum absolute atomic E-state index is 12.8. The lowest BCUT2D eigenvalue weighted by Gasteiger charge is -2.21. The van der Waals surface area contributed by atoms with Crippen molar-refractivity contribution in [2.24, 2.45) is 0 Å². The minimum Gasteiger partial charge on any atom is -0.394 e. The van der Waals surface area contributed by atoms with E-state index in [2.05, 4.69) is 10.6 Å². The van der Waals surface area contributed by atoms with Gasteiger partial charge in [0.1, 0.15) is 0 Å². The fraction of sp³-hybridized carbons (Fsp3) is 0.533. The molecule has 7 heteroatoms. The molecule has 2 atom stereocenters. The Morgan fingerprint density at radius 1 is 1.32 bits per heavy atom. The summed E-state index contributed by atoms with van der Waals surface area (Å²) in [6.07, 6.45) is -3.20. The Kier molecular flexibility index (Phi) is 6.67. The standard InChI is InChI=1S/C15H21F3N2O2/c1-3-5-13(20-14(22)19-10(2)9-21)11-6-4-7-12(8-11)15(16,17)18/h4,6-8,10,13,21H,3,5,9H2,1-2H3,(H2,19,20,22). The highest BCUT2D eigenvalue weighted by Gasteiger charge is 2.31. The van der Waals surface area contributed by atoms with Crippen molar-refractivity contribution in [2.75, 3.05) is 6.61 Å². The number of alkyl halides is 3. The SMILES string of the molecule is CCCC(NC(=O)NC(C)CO)c1cccc(C(F)(F)F)c1. The lowest BCUT2D eigenvalue weighted by molar-refractivity contribution is -0.137. The van der Waals surface area contributed by atoms with Crippen LogP contribution in [-0.4, -0.2) is 23.8 Å². The van der Waals surface area contributed by atoms with Crippen molar-refractivity contribution in [3.63, 3.8) is 0 Å². The summed E-state index contributed by atoms with van der Waals surface area (Å²) in [7, 11) is 0. The predicted octanol–water partition coefficient (Wildman–Crippen LogP) is 3.23. The molecular formula is C15H21F3N2O2. The number of aliphatic hydroxyl groups excluding tert-OH is 1. The van der Waals surface area contributed by atoms with Crippen molar-refractivity contribution in [3.8, 4) is 0 Å². The fourth-order valence-corrected chi connectivity index (χ4v) is 2.01. The van der Waals surface area contributed by atoms with Crippen molar-refractivity contribution in [1.29, 1.82) is 0 Å². The number of carbonyl (C=O) groups excluding carboxylic acids is 1. The zero-order valence-electron chi connectivity index (χ0n) is 12.6. The van der Waals surface area contributed by atoms with Gasteiger partial charge in [0.15, 0.2) is 0 Å². The molecule has 0 aliphatic carbocycles. The van der Waals surface area contributed by atoms with E-state index < -0.39 is 29.9 Å². The van der Waals surface area contributed by atoms with Crippen LogP contribution in [0, 0.1) is 0 Å². The molecule has 2 amide bonds. The zero-order valence-corrected chi connectivity index (χ0v) is 12.6. The maximum Gasteiger partial charge on any atom is 0.416 e. The highest BCUT2D eigenvalue weighted by Crippen LogP contribution is 2.31. The fourth-order valence-electron chi connectivity index (χ4n) is 2.01. The molecule has 0 bridgehead atoms. The summed E-state index contributed by atoms with van der Waals surface area (Å²) in [4.78, 5) is 11.8. The third-order valence-electron chi connectivity index (χ3n) is 3.15. The Morgan fingerprint density at radius 2 is 2.00 bits per heavy atom. The number of amides is 2. The van der Waals surface area contributed by atoms with Crippen molar-refractivity contribution >= 4 is 6.03 Å². The van der Waals surface area contributed by atoms with Gasteiger partial charge in [-0.3, -0.25) is 0 Å². The van der Waals surface area contributed by atoms with E-state index >= 15 is 0 Å². The van der Waals surface area contributed by atoms with Crippen LogP contribution in [0.15, 0.2) is 24.3 Å². The largest absolute Gasteiger partial charge is 0.416 e. The Hall–Kier alpha value is -1.76. The molecule has 2 unspecified atom stereocenters. The molecule has 4 nitrogen and oxygen atoms in total. The van der Waals surface area contributed by atoms with E-state index in [9.17, 15) is 18.0 Å². The molecule has 0 radical (unpaired) electrons. The molecule has 0 fully saturated rings. The highest BCUT2D eigenvalue weighted by atomic mass is 19.4. The number of hydrogen-bond acceptors (Lipinski definition) is 2. The molecule has 124 valence electrons. The van der Waals surface area contributed by atoms with Crippen LogP contribution in [0.1, 0.15) is 43.9 Å². The van der Waals surface area contributed by atoms with Crippen LogP contribution >= 0.6 is 0 Å². The summed E-state index contributed by atoms with van der Waals surface area (Å²) in [5.74, 6) is 0. The molecule has 0 saturated heterocycles. The number of halogens is 3. The summed E-state index contributed by atoms with van der Waals surface area (Å²) >= 11 is 0. The van der Waals surface area contributed by atoms with Gasteiger partial charge in [0, 0.05) is 0 Å². The minimum absolute atomic E-state index is 0.213. The Labute approximate surface area is 127 Å². The molecule has 0 aromatic heterocycles. The number of carbonyl (C=O) groups is 1. The number of nitrogens with one attached hydrogen (secondary N) is 2. The van der Waals surface area contributed by atoms with Gasteiger partial charge >= 0.3 is 12.2 Å². The van der Waals surface area contributed by atoms with Crippen LogP contribution in [0.4, 0.5) is 18.0 Å². The van der Waals surface area contributed by atoms with Crippen molar-refractivity contribution in [3.05, 3.63) is 35.4 Å². The molecule has 1 aromatic carbocycles. The molecule has 1 rings (SSSR count). The van der Waals surface area contributed by atoms with E-state index in [0.717, 1.165) is 12.1 Å². The monoisotopic (exact) mass is 318 g/mol. The van der Waals surface area contributed by atoms with E-state index in [0.29, 0.717) is 18.4 Å². The van der Waals surface area contributed by atoms with Crippen molar-refractivity contribution in [1.82, 2.24) is 10.6 Å². The lowest BCUT2D eigenvalue weighted by atomic mass is 10.00. The average molecular weight is 318 g/mol. The van der Waals surface area contributed by atoms with E-state index in [1.54, 1.807) is 13.0 Å². The van der Waals surface area contributed by atoms with Crippen LogP contribution in [0.3, 0.4) is 0 Å². The van der Waals surface area contributed by atoms with E-state index in [1.807, 2.05) is 6.92 Å². The van der Waals surface area contributed by atoms with E-state index in [4.69, 9.17) is 5.11 Å². The van der Waals surface area contributed by atoms with Crippen molar-refractivity contribution < 1.29 is 23.1 Å². The molecule has 1 aromatic rings. The molecule has 0 saturated carbocycles. The van der Waals surface area contributed by atoms with Gasteiger partial charge in [0.05, 0.1) is 24.3 Å². The first-order valence-electron chi connectivity index (χ1n) is 7.13. The highest BCUT2D eigenvalue weighted by molar-refractivity contribution is 5.74. The summed E-state index contributed by atoms with van der Waals surface area (Å²) in [6.45, 7) is 3.30. The minimum atomic E-state index is -4.42. The molecule has 3 N–H and O–H groups in total. The van der Waals surface area contributed by atoms with Gasteiger partial charge in [-0.25, -0.2) is 4.79 Å². The second-order valence-electron chi connectivity index (χ2n) is 5.17. The first-order valence-corrected chi connectivity index (χ1v) is 7.13. The molecule has 0 aliphatic heterocycles. The van der Waals surface area contributed by atoms with E-state index in [1.165, 1.54) is 6.07 Å². The number of urea groups is 1. The van der Waals surface area contributed by atoms with Crippen molar-refractivity contribution in [2.45, 2.75) is 44.9 Å². The van der Waals surface area contributed by atoms with Gasteiger partial charge in [0.25, 0.3) is 0 Å². The predicted molar refractivity (Wildman–Crippen MR) is 77.3 cm³/mol. The average Bonchev–Trinajstić information content (AvgIpc) is 2.46. The third-order valence-corrected chi connectivity index (χ3v) is 3.15. The maximum atomic E-state index is 12.8. The lowest BCUT2D eigenvalue weighted by Crippen LogP contribution is -2.43. The number of rotatable bonds is 6. The Balaban J connectivity index is 2.89. The Bertz CT molecular complexity index is 492. The zero-order chi connectivity index (χ0) is 16.8.